The maximum Gasteiger partial charge on any atom is 0.253 e. The second-order valence-electron chi connectivity index (χ2n) is 7.46. The standard InChI is InChI=1S/C22H28FN3O2/c1-3-12-26(2)21-18(15-8-10-17(23)11-9-15)13-16(14-24-21)22(28)25-19-6-4-5-7-20(19)27/h8-11,13-14,19-20,27H,3-7,12H2,1-2H3,(H,25,28)/t19-,20-/m1/s1. The topological polar surface area (TPSA) is 65.5 Å². The molecule has 0 radical (unpaired) electrons. The zero-order chi connectivity index (χ0) is 20.1. The Labute approximate surface area is 165 Å². The molecule has 2 atom stereocenters. The summed E-state index contributed by atoms with van der Waals surface area (Å²) in [5.41, 5.74) is 2.03. The summed E-state index contributed by atoms with van der Waals surface area (Å²) in [5.74, 6) is 0.203. The number of nitrogens with one attached hydrogen (secondary N) is 1. The van der Waals surface area contributed by atoms with E-state index in [4.69, 9.17) is 0 Å². The van der Waals surface area contributed by atoms with Gasteiger partial charge in [-0.05, 0) is 43.0 Å². The molecule has 150 valence electrons. The quantitative estimate of drug-likeness (QED) is 0.795. The van der Waals surface area contributed by atoms with E-state index in [1.54, 1.807) is 24.4 Å². The Morgan fingerprint density at radius 1 is 1.29 bits per heavy atom. The van der Waals surface area contributed by atoms with Crippen molar-refractivity contribution in [1.29, 1.82) is 0 Å². The average molecular weight is 385 g/mol. The third kappa shape index (κ3) is 4.68. The minimum atomic E-state index is -0.503. The van der Waals surface area contributed by atoms with Crippen LogP contribution in [-0.4, -0.2) is 41.7 Å². The molecule has 3 rings (SSSR count). The number of rotatable bonds is 6. The maximum absolute atomic E-state index is 13.4. The Kier molecular flexibility index (Phi) is 6.62. The van der Waals surface area contributed by atoms with Crippen LogP contribution in [0.1, 0.15) is 49.4 Å². The molecule has 2 N–H and O–H groups in total. The minimum Gasteiger partial charge on any atom is -0.391 e. The Morgan fingerprint density at radius 2 is 2.00 bits per heavy atom. The number of hydrogen-bond donors (Lipinski definition) is 2. The van der Waals surface area contributed by atoms with Gasteiger partial charge in [0, 0.05) is 25.4 Å². The molecule has 28 heavy (non-hydrogen) atoms. The van der Waals surface area contributed by atoms with Gasteiger partial charge in [0.1, 0.15) is 11.6 Å². The van der Waals surface area contributed by atoms with E-state index >= 15 is 0 Å². The number of carbonyl (C=O) groups is 1. The van der Waals surface area contributed by atoms with E-state index in [-0.39, 0.29) is 17.8 Å². The first kappa shape index (κ1) is 20.3. The van der Waals surface area contributed by atoms with Crippen LogP contribution in [0, 0.1) is 5.82 Å². The van der Waals surface area contributed by atoms with Crippen molar-refractivity contribution >= 4 is 11.7 Å². The lowest BCUT2D eigenvalue weighted by Gasteiger charge is -2.28. The van der Waals surface area contributed by atoms with Crippen molar-refractivity contribution in [3.63, 3.8) is 0 Å². The van der Waals surface area contributed by atoms with Crippen molar-refractivity contribution < 1.29 is 14.3 Å². The third-order valence-electron chi connectivity index (χ3n) is 5.25. The van der Waals surface area contributed by atoms with E-state index in [2.05, 4.69) is 17.2 Å². The van der Waals surface area contributed by atoms with Crippen molar-refractivity contribution in [2.45, 2.75) is 51.2 Å². The molecule has 2 aromatic rings. The van der Waals surface area contributed by atoms with E-state index in [9.17, 15) is 14.3 Å². The van der Waals surface area contributed by atoms with Crippen LogP contribution >= 0.6 is 0 Å². The molecule has 5 nitrogen and oxygen atoms in total. The molecule has 1 saturated carbocycles. The second kappa shape index (κ2) is 9.15. The number of amides is 1. The summed E-state index contributed by atoms with van der Waals surface area (Å²) in [6.07, 6.45) is 5.51. The number of nitrogens with zero attached hydrogens (tertiary/aromatic N) is 2. The van der Waals surface area contributed by atoms with Crippen molar-refractivity contribution in [2.75, 3.05) is 18.5 Å². The van der Waals surface area contributed by atoms with Crippen LogP contribution < -0.4 is 10.2 Å². The summed E-state index contributed by atoms with van der Waals surface area (Å²) in [7, 11) is 1.96. The van der Waals surface area contributed by atoms with Gasteiger partial charge < -0.3 is 15.3 Å². The number of anilines is 1. The first-order valence-electron chi connectivity index (χ1n) is 9.95. The van der Waals surface area contributed by atoms with Crippen LogP contribution in [0.25, 0.3) is 11.1 Å². The van der Waals surface area contributed by atoms with Gasteiger partial charge in [0.2, 0.25) is 0 Å². The monoisotopic (exact) mass is 385 g/mol. The van der Waals surface area contributed by atoms with Gasteiger partial charge >= 0.3 is 0 Å². The maximum atomic E-state index is 13.4. The molecule has 0 bridgehead atoms. The first-order valence-corrected chi connectivity index (χ1v) is 9.95. The van der Waals surface area contributed by atoms with E-state index in [1.807, 2.05) is 11.9 Å². The average Bonchev–Trinajstić information content (AvgIpc) is 2.70. The molecule has 1 amide bonds. The highest BCUT2D eigenvalue weighted by Gasteiger charge is 2.25. The largest absolute Gasteiger partial charge is 0.391 e. The predicted molar refractivity (Wildman–Crippen MR) is 109 cm³/mol. The lowest BCUT2D eigenvalue weighted by atomic mass is 9.92. The molecule has 1 aliphatic rings. The van der Waals surface area contributed by atoms with Crippen molar-refractivity contribution in [2.24, 2.45) is 0 Å². The van der Waals surface area contributed by atoms with Gasteiger partial charge in [-0.2, -0.15) is 0 Å². The van der Waals surface area contributed by atoms with E-state index in [0.29, 0.717) is 12.0 Å². The number of benzene rings is 1. The highest BCUT2D eigenvalue weighted by Crippen LogP contribution is 2.30. The van der Waals surface area contributed by atoms with Crippen LogP contribution in [0.5, 0.6) is 0 Å². The smallest absolute Gasteiger partial charge is 0.253 e. The molecule has 0 spiro atoms. The van der Waals surface area contributed by atoms with Gasteiger partial charge in [-0.3, -0.25) is 4.79 Å². The molecule has 0 saturated heterocycles. The number of halogens is 1. The zero-order valence-electron chi connectivity index (χ0n) is 16.5. The van der Waals surface area contributed by atoms with Crippen molar-refractivity contribution in [1.82, 2.24) is 10.3 Å². The summed E-state index contributed by atoms with van der Waals surface area (Å²) in [4.78, 5) is 19.3. The molecule has 1 fully saturated rings. The fraction of sp³-hybridized carbons (Fsp3) is 0.455. The number of aliphatic hydroxyl groups excluding tert-OH is 1. The zero-order valence-corrected chi connectivity index (χ0v) is 16.5. The van der Waals surface area contributed by atoms with Crippen LogP contribution in [0.15, 0.2) is 36.5 Å². The summed E-state index contributed by atoms with van der Waals surface area (Å²) >= 11 is 0. The molecular formula is C22H28FN3O2. The molecule has 1 aliphatic carbocycles. The Bertz CT molecular complexity index is 810. The SMILES string of the molecule is CCCN(C)c1ncc(C(=O)N[C@@H]2CCCC[C@H]2O)cc1-c1ccc(F)cc1. The van der Waals surface area contributed by atoms with Gasteiger partial charge in [-0.15, -0.1) is 0 Å². The van der Waals surface area contributed by atoms with Crippen LogP contribution in [0.2, 0.25) is 0 Å². The van der Waals surface area contributed by atoms with Crippen LogP contribution in [-0.2, 0) is 0 Å². The van der Waals surface area contributed by atoms with E-state index in [0.717, 1.165) is 49.2 Å². The number of pyridine rings is 1. The lowest BCUT2D eigenvalue weighted by molar-refractivity contribution is 0.0717. The van der Waals surface area contributed by atoms with Gasteiger partial charge in [0.25, 0.3) is 5.91 Å². The fourth-order valence-corrected chi connectivity index (χ4v) is 3.70. The molecular weight excluding hydrogens is 357 g/mol. The minimum absolute atomic E-state index is 0.224. The van der Waals surface area contributed by atoms with Crippen molar-refractivity contribution in [3.05, 3.63) is 47.9 Å². The summed E-state index contributed by atoms with van der Waals surface area (Å²) in [5, 5.41) is 13.1. The summed E-state index contributed by atoms with van der Waals surface area (Å²) in [6.45, 7) is 2.91. The van der Waals surface area contributed by atoms with Gasteiger partial charge in [0.05, 0.1) is 17.7 Å². The highest BCUT2D eigenvalue weighted by molar-refractivity contribution is 5.96. The second-order valence-corrected chi connectivity index (χ2v) is 7.46. The third-order valence-corrected chi connectivity index (χ3v) is 5.25. The number of aliphatic hydroxyl groups is 1. The van der Waals surface area contributed by atoms with Crippen molar-refractivity contribution in [3.8, 4) is 11.1 Å². The normalized spacial score (nSPS) is 19.3. The van der Waals surface area contributed by atoms with Crippen LogP contribution in [0.4, 0.5) is 10.2 Å². The lowest BCUT2D eigenvalue weighted by Crippen LogP contribution is -2.45. The van der Waals surface area contributed by atoms with Gasteiger partial charge in [-0.1, -0.05) is 31.9 Å². The number of hydrogen-bond acceptors (Lipinski definition) is 4. The fourth-order valence-electron chi connectivity index (χ4n) is 3.70. The molecule has 1 aromatic heterocycles. The highest BCUT2D eigenvalue weighted by atomic mass is 19.1. The Morgan fingerprint density at radius 3 is 2.68 bits per heavy atom. The number of carbonyl (C=O) groups excluding carboxylic acids is 1. The van der Waals surface area contributed by atoms with Gasteiger partial charge in [-0.25, -0.2) is 9.37 Å². The first-order chi connectivity index (χ1) is 13.5. The van der Waals surface area contributed by atoms with E-state index in [1.165, 1.54) is 12.1 Å². The molecule has 1 aromatic carbocycles. The molecule has 0 unspecified atom stereocenters. The molecule has 1 heterocycles. The predicted octanol–water partition coefficient (Wildman–Crippen LogP) is 3.77. The van der Waals surface area contributed by atoms with Crippen LogP contribution in [0.3, 0.4) is 0 Å². The Balaban J connectivity index is 1.91. The molecule has 6 heteroatoms. The molecule has 0 aliphatic heterocycles. The Hall–Kier alpha value is -2.47. The number of aromatic nitrogens is 1. The summed E-state index contributed by atoms with van der Waals surface area (Å²) < 4.78 is 13.4. The van der Waals surface area contributed by atoms with Gasteiger partial charge in [0.15, 0.2) is 0 Å². The van der Waals surface area contributed by atoms with E-state index < -0.39 is 6.10 Å². The summed E-state index contributed by atoms with van der Waals surface area (Å²) in [6, 6.07) is 7.78.